The Hall–Kier alpha value is -3.87. The first-order chi connectivity index (χ1) is 13.1. The number of hydrogen-bond donors (Lipinski definition) is 1. The summed E-state index contributed by atoms with van der Waals surface area (Å²) >= 11 is 0. The zero-order valence-corrected chi connectivity index (χ0v) is 14.0. The number of rotatable bonds is 5. The number of hydrazone groups is 1. The van der Waals surface area contributed by atoms with Crippen LogP contribution in [0.25, 0.3) is 0 Å². The van der Waals surface area contributed by atoms with E-state index in [0.29, 0.717) is 16.9 Å². The van der Waals surface area contributed by atoms with E-state index in [2.05, 4.69) is 15.5 Å². The van der Waals surface area contributed by atoms with Crippen molar-refractivity contribution in [3.63, 3.8) is 0 Å². The predicted octanol–water partition coefficient (Wildman–Crippen LogP) is 3.20. The molecular weight excluding hydrogens is 349 g/mol. The van der Waals surface area contributed by atoms with Crippen LogP contribution in [0, 0.1) is 5.82 Å². The molecule has 7 heteroatoms. The number of benzene rings is 2. The molecule has 1 aromatic heterocycles. The molecule has 0 fully saturated rings. The van der Waals surface area contributed by atoms with Crippen molar-refractivity contribution < 1.29 is 18.7 Å². The number of amides is 1. The third-order valence-corrected chi connectivity index (χ3v) is 3.47. The predicted molar refractivity (Wildman–Crippen MR) is 97.1 cm³/mol. The molecule has 0 spiro atoms. The normalized spacial score (nSPS) is 10.6. The smallest absolute Gasteiger partial charge is 0.343 e. The summed E-state index contributed by atoms with van der Waals surface area (Å²) in [6.45, 7) is 0. The van der Waals surface area contributed by atoms with Crippen molar-refractivity contribution in [3.8, 4) is 5.75 Å². The molecule has 6 nitrogen and oxygen atoms in total. The number of hydrogen-bond acceptors (Lipinski definition) is 5. The number of halogens is 1. The summed E-state index contributed by atoms with van der Waals surface area (Å²) in [6, 6.07) is 14.9. The Morgan fingerprint density at radius 2 is 1.74 bits per heavy atom. The molecule has 3 aromatic rings. The summed E-state index contributed by atoms with van der Waals surface area (Å²) in [4.78, 5) is 27.6. The van der Waals surface area contributed by atoms with E-state index in [1.165, 1.54) is 36.8 Å². The second-order valence-corrected chi connectivity index (χ2v) is 5.40. The molecule has 3 rings (SSSR count). The van der Waals surface area contributed by atoms with Crippen LogP contribution in [-0.2, 0) is 0 Å². The van der Waals surface area contributed by atoms with Gasteiger partial charge in [0.1, 0.15) is 11.6 Å². The second-order valence-electron chi connectivity index (χ2n) is 5.40. The van der Waals surface area contributed by atoms with E-state index < -0.39 is 11.8 Å². The second kappa shape index (κ2) is 8.48. The van der Waals surface area contributed by atoms with E-state index in [0.717, 1.165) is 6.07 Å². The molecule has 0 saturated heterocycles. The number of ether oxygens (including phenoxy) is 1. The lowest BCUT2D eigenvalue weighted by atomic mass is 10.2. The van der Waals surface area contributed by atoms with Gasteiger partial charge in [0.15, 0.2) is 0 Å². The van der Waals surface area contributed by atoms with Crippen LogP contribution in [0.1, 0.15) is 26.3 Å². The Kier molecular flexibility index (Phi) is 5.64. The topological polar surface area (TPSA) is 80.6 Å². The molecule has 0 saturated carbocycles. The van der Waals surface area contributed by atoms with Gasteiger partial charge in [0, 0.05) is 18.0 Å². The SMILES string of the molecule is O=C(N/N=C\c1ccc(OC(=O)c2cccc(F)c2)cc1)c1ccncc1. The fourth-order valence-corrected chi connectivity index (χ4v) is 2.14. The molecule has 1 N–H and O–H groups in total. The lowest BCUT2D eigenvalue weighted by Gasteiger charge is -2.04. The van der Waals surface area contributed by atoms with E-state index in [1.807, 2.05) is 0 Å². The van der Waals surface area contributed by atoms with Gasteiger partial charge in [0.2, 0.25) is 0 Å². The minimum Gasteiger partial charge on any atom is -0.423 e. The van der Waals surface area contributed by atoms with Gasteiger partial charge < -0.3 is 4.74 Å². The number of nitrogens with one attached hydrogen (secondary N) is 1. The summed E-state index contributed by atoms with van der Waals surface area (Å²) < 4.78 is 18.3. The Balaban J connectivity index is 1.57. The highest BCUT2D eigenvalue weighted by Gasteiger charge is 2.09. The standard InChI is InChI=1S/C20H14FN3O3/c21-17-3-1-2-16(12-17)20(26)27-18-6-4-14(5-7-18)13-23-24-19(25)15-8-10-22-11-9-15/h1-13H,(H,24,25)/b23-13-. The summed E-state index contributed by atoms with van der Waals surface area (Å²) in [5.74, 6) is -1.21. The first-order valence-electron chi connectivity index (χ1n) is 7.93. The quantitative estimate of drug-likeness (QED) is 0.327. The Morgan fingerprint density at radius 1 is 1.00 bits per heavy atom. The van der Waals surface area contributed by atoms with Crippen molar-refractivity contribution in [3.05, 3.63) is 95.6 Å². The number of pyridine rings is 1. The van der Waals surface area contributed by atoms with E-state index in [-0.39, 0.29) is 11.5 Å². The third kappa shape index (κ3) is 5.05. The van der Waals surface area contributed by atoms with Gasteiger partial charge in [-0.2, -0.15) is 5.10 Å². The molecule has 0 unspecified atom stereocenters. The van der Waals surface area contributed by atoms with Crippen molar-refractivity contribution in [2.75, 3.05) is 0 Å². The maximum absolute atomic E-state index is 13.1. The molecule has 1 amide bonds. The fraction of sp³-hybridized carbons (Fsp3) is 0. The summed E-state index contributed by atoms with van der Waals surface area (Å²) in [5.41, 5.74) is 3.66. The Morgan fingerprint density at radius 3 is 2.44 bits per heavy atom. The molecule has 2 aromatic carbocycles. The van der Waals surface area contributed by atoms with Crippen LogP contribution in [-0.4, -0.2) is 23.1 Å². The lowest BCUT2D eigenvalue weighted by Crippen LogP contribution is -2.17. The van der Waals surface area contributed by atoms with E-state index >= 15 is 0 Å². The highest BCUT2D eigenvalue weighted by Crippen LogP contribution is 2.14. The lowest BCUT2D eigenvalue weighted by molar-refractivity contribution is 0.0734. The highest BCUT2D eigenvalue weighted by atomic mass is 19.1. The molecule has 0 aliphatic carbocycles. The zero-order chi connectivity index (χ0) is 19.1. The van der Waals surface area contributed by atoms with Gasteiger partial charge in [-0.3, -0.25) is 9.78 Å². The molecule has 0 bridgehead atoms. The first kappa shape index (κ1) is 17.9. The molecular formula is C20H14FN3O3. The largest absolute Gasteiger partial charge is 0.423 e. The fourth-order valence-electron chi connectivity index (χ4n) is 2.14. The average Bonchev–Trinajstić information content (AvgIpc) is 2.70. The molecule has 1 heterocycles. The molecule has 0 aliphatic rings. The number of carbonyl (C=O) groups is 2. The highest BCUT2D eigenvalue weighted by molar-refractivity contribution is 5.94. The Labute approximate surface area is 154 Å². The van der Waals surface area contributed by atoms with E-state index in [9.17, 15) is 14.0 Å². The van der Waals surface area contributed by atoms with Crippen molar-refractivity contribution in [2.45, 2.75) is 0 Å². The maximum Gasteiger partial charge on any atom is 0.343 e. The Bertz CT molecular complexity index is 973. The van der Waals surface area contributed by atoms with Crippen LogP contribution in [0.3, 0.4) is 0 Å². The van der Waals surface area contributed by atoms with Crippen molar-refractivity contribution in [1.82, 2.24) is 10.4 Å². The number of aromatic nitrogens is 1. The zero-order valence-electron chi connectivity index (χ0n) is 14.0. The van der Waals surface area contributed by atoms with E-state index in [4.69, 9.17) is 4.74 Å². The van der Waals surface area contributed by atoms with Crippen LogP contribution >= 0.6 is 0 Å². The van der Waals surface area contributed by atoms with Crippen LogP contribution in [0.15, 0.2) is 78.2 Å². The summed E-state index contributed by atoms with van der Waals surface area (Å²) in [5, 5.41) is 3.87. The summed E-state index contributed by atoms with van der Waals surface area (Å²) in [6.07, 6.45) is 4.49. The minimum atomic E-state index is -0.652. The van der Waals surface area contributed by atoms with Gasteiger partial charge in [-0.05, 0) is 60.2 Å². The summed E-state index contributed by atoms with van der Waals surface area (Å²) in [7, 11) is 0. The van der Waals surface area contributed by atoms with Gasteiger partial charge in [-0.15, -0.1) is 0 Å². The van der Waals surface area contributed by atoms with Gasteiger partial charge in [0.25, 0.3) is 5.91 Å². The number of nitrogens with zero attached hydrogens (tertiary/aromatic N) is 2. The van der Waals surface area contributed by atoms with Crippen LogP contribution in [0.5, 0.6) is 5.75 Å². The molecule has 0 aliphatic heterocycles. The number of esters is 1. The van der Waals surface area contributed by atoms with Crippen LogP contribution in [0.4, 0.5) is 4.39 Å². The number of carbonyl (C=O) groups excluding carboxylic acids is 2. The molecule has 134 valence electrons. The van der Waals surface area contributed by atoms with Crippen molar-refractivity contribution in [2.24, 2.45) is 5.10 Å². The maximum atomic E-state index is 13.1. The van der Waals surface area contributed by atoms with Gasteiger partial charge in [0.05, 0.1) is 11.8 Å². The molecule has 0 atom stereocenters. The van der Waals surface area contributed by atoms with Gasteiger partial charge in [-0.1, -0.05) is 6.07 Å². The molecule has 0 radical (unpaired) electrons. The van der Waals surface area contributed by atoms with Crippen LogP contribution < -0.4 is 10.2 Å². The van der Waals surface area contributed by atoms with Gasteiger partial charge in [-0.25, -0.2) is 14.6 Å². The average molecular weight is 363 g/mol. The molecule has 27 heavy (non-hydrogen) atoms. The van der Waals surface area contributed by atoms with Gasteiger partial charge >= 0.3 is 5.97 Å². The van der Waals surface area contributed by atoms with Crippen molar-refractivity contribution in [1.29, 1.82) is 0 Å². The van der Waals surface area contributed by atoms with Crippen molar-refractivity contribution >= 4 is 18.1 Å². The monoisotopic (exact) mass is 363 g/mol. The minimum absolute atomic E-state index is 0.125. The van der Waals surface area contributed by atoms with E-state index in [1.54, 1.807) is 36.4 Å². The van der Waals surface area contributed by atoms with Crippen LogP contribution in [0.2, 0.25) is 0 Å². The first-order valence-corrected chi connectivity index (χ1v) is 7.93. The third-order valence-electron chi connectivity index (χ3n) is 3.47.